The molecule has 0 aliphatic rings. The topological polar surface area (TPSA) is 124 Å². The van der Waals surface area contributed by atoms with Gasteiger partial charge in [0.25, 0.3) is 0 Å². The number of methoxy groups -OCH3 is 2. The summed E-state index contributed by atoms with van der Waals surface area (Å²) in [6.07, 6.45) is -9.61. The van der Waals surface area contributed by atoms with Crippen LogP contribution in [0.2, 0.25) is 0 Å². The molecule has 0 fully saturated rings. The smallest absolute Gasteiger partial charge is 0.465 e. The predicted molar refractivity (Wildman–Crippen MR) is 171 cm³/mol. The third-order valence-electron chi connectivity index (χ3n) is 7.34. The molecule has 10 nitrogen and oxygen atoms in total. The molecule has 4 aromatic carbocycles. The number of ether oxygens (including phenoxy) is 6. The summed E-state index contributed by atoms with van der Waals surface area (Å²) < 4.78 is 100. The number of hydrogen-bond donors (Lipinski definition) is 0. The van der Waals surface area contributed by atoms with Crippen LogP contribution in [0, 0.1) is 27.7 Å². The van der Waals surface area contributed by atoms with E-state index in [4.69, 9.17) is 9.47 Å². The lowest BCUT2D eigenvalue weighted by atomic mass is 10.0. The van der Waals surface area contributed by atoms with Crippen LogP contribution in [-0.2, 0) is 9.47 Å². The number of benzene rings is 4. The molecular weight excluding hydrogens is 706 g/mol. The number of rotatable bonds is 8. The van der Waals surface area contributed by atoms with Crippen LogP contribution in [0.25, 0.3) is 0 Å². The quantitative estimate of drug-likeness (QED) is 0.0990. The molecule has 0 aliphatic heterocycles. The summed E-state index contributed by atoms with van der Waals surface area (Å²) in [4.78, 5) is 47.6. The Labute approximate surface area is 292 Å². The van der Waals surface area contributed by atoms with Crippen LogP contribution in [0.1, 0.15) is 63.7 Å². The molecule has 0 heterocycles. The molecule has 0 unspecified atom stereocenters. The molecule has 0 radical (unpaired) electrons. The van der Waals surface area contributed by atoms with E-state index in [-0.39, 0.29) is 22.6 Å². The van der Waals surface area contributed by atoms with Crippen molar-refractivity contribution < 1.29 is 73.9 Å². The van der Waals surface area contributed by atoms with Crippen LogP contribution in [0.5, 0.6) is 23.0 Å². The van der Waals surface area contributed by atoms with Gasteiger partial charge in [0.05, 0.1) is 36.5 Å². The lowest BCUT2D eigenvalue weighted by Crippen LogP contribution is -2.17. The van der Waals surface area contributed by atoms with Gasteiger partial charge in [0.2, 0.25) is 0 Å². The fourth-order valence-corrected chi connectivity index (χ4v) is 4.38. The van der Waals surface area contributed by atoms with Crippen molar-refractivity contribution in [1.82, 2.24) is 0 Å². The van der Waals surface area contributed by atoms with Gasteiger partial charge >= 0.3 is 36.6 Å². The highest BCUT2D eigenvalue weighted by Crippen LogP contribution is 2.29. The molecular formula is C36H30F6O10. The van der Waals surface area contributed by atoms with Crippen LogP contribution < -0.4 is 18.9 Å². The average molecular weight is 737 g/mol. The average Bonchev–Trinajstić information content (AvgIpc) is 3.08. The maximum atomic E-state index is 12.2. The first-order valence-electron chi connectivity index (χ1n) is 14.8. The second kappa shape index (κ2) is 16.8. The first kappa shape index (κ1) is 40.4. The van der Waals surface area contributed by atoms with Crippen LogP contribution in [0.4, 0.5) is 26.3 Å². The summed E-state index contributed by atoms with van der Waals surface area (Å²) in [7, 11) is 2.52. The standard InChI is InChI=1S/2C18H15F3O5/c2*1-10-11(2)15(9-8-14(10)17(23)24-3)25-16(22)12-4-6-13(7-5-12)26-18(19,20)21/h2*4-9H,1-3H3. The summed E-state index contributed by atoms with van der Waals surface area (Å²) in [5, 5.41) is 0. The number of alkyl halides is 6. The van der Waals surface area contributed by atoms with E-state index in [1.165, 1.54) is 38.5 Å². The molecule has 4 aromatic rings. The van der Waals surface area contributed by atoms with Gasteiger partial charge in [-0.3, -0.25) is 0 Å². The van der Waals surface area contributed by atoms with Crippen LogP contribution in [0.3, 0.4) is 0 Å². The van der Waals surface area contributed by atoms with E-state index in [9.17, 15) is 45.5 Å². The molecule has 0 amide bonds. The fraction of sp³-hybridized carbons (Fsp3) is 0.222. The van der Waals surface area contributed by atoms with Gasteiger partial charge in [0, 0.05) is 0 Å². The number of carbonyl (C=O) groups is 4. The highest BCUT2D eigenvalue weighted by Gasteiger charge is 2.32. The van der Waals surface area contributed by atoms with Gasteiger partial charge in [-0.25, -0.2) is 19.2 Å². The molecule has 0 bridgehead atoms. The molecule has 0 N–H and O–H groups in total. The van der Waals surface area contributed by atoms with E-state index in [1.54, 1.807) is 27.7 Å². The molecule has 276 valence electrons. The zero-order valence-electron chi connectivity index (χ0n) is 28.3. The lowest BCUT2D eigenvalue weighted by molar-refractivity contribution is -0.275. The van der Waals surface area contributed by atoms with Crippen molar-refractivity contribution in [2.24, 2.45) is 0 Å². The van der Waals surface area contributed by atoms with Gasteiger partial charge in [-0.05, 0) is 123 Å². The van der Waals surface area contributed by atoms with E-state index < -0.39 is 48.1 Å². The Morgan fingerprint density at radius 1 is 0.442 bits per heavy atom. The fourth-order valence-electron chi connectivity index (χ4n) is 4.38. The maximum absolute atomic E-state index is 12.2. The normalized spacial score (nSPS) is 11.0. The van der Waals surface area contributed by atoms with Crippen molar-refractivity contribution in [3.05, 3.63) is 117 Å². The zero-order chi connectivity index (χ0) is 39.0. The SMILES string of the molecule is COC(=O)c1ccc(OC(=O)c2ccc(OC(F)(F)F)cc2)c(C)c1C.COC(=O)c1ccc(OC(=O)c2ccc(OC(F)(F)F)cc2)c(C)c1C. The van der Waals surface area contributed by atoms with Crippen molar-refractivity contribution in [1.29, 1.82) is 0 Å². The number of carbonyl (C=O) groups excluding carboxylic acids is 4. The molecule has 52 heavy (non-hydrogen) atoms. The van der Waals surface area contributed by atoms with E-state index in [2.05, 4.69) is 18.9 Å². The second-order valence-electron chi connectivity index (χ2n) is 10.6. The first-order chi connectivity index (χ1) is 24.2. The summed E-state index contributed by atoms with van der Waals surface area (Å²) >= 11 is 0. The minimum atomic E-state index is -4.81. The van der Waals surface area contributed by atoms with Crippen molar-refractivity contribution in [2.45, 2.75) is 40.4 Å². The number of hydrogen-bond acceptors (Lipinski definition) is 10. The predicted octanol–water partition coefficient (Wildman–Crippen LogP) is 8.42. The lowest BCUT2D eigenvalue weighted by Gasteiger charge is -2.13. The highest BCUT2D eigenvalue weighted by molar-refractivity contribution is 5.94. The largest absolute Gasteiger partial charge is 0.573 e. The second-order valence-corrected chi connectivity index (χ2v) is 10.6. The van der Waals surface area contributed by atoms with Crippen molar-refractivity contribution in [3.8, 4) is 23.0 Å². The summed E-state index contributed by atoms with van der Waals surface area (Å²) in [5.41, 5.74) is 3.11. The van der Waals surface area contributed by atoms with Gasteiger partial charge in [0.1, 0.15) is 23.0 Å². The summed E-state index contributed by atoms with van der Waals surface area (Å²) in [5.74, 6) is -2.94. The van der Waals surface area contributed by atoms with Crippen LogP contribution in [-0.4, -0.2) is 50.8 Å². The van der Waals surface area contributed by atoms with Crippen molar-refractivity contribution in [3.63, 3.8) is 0 Å². The molecule has 0 saturated heterocycles. The molecule has 16 heteroatoms. The maximum Gasteiger partial charge on any atom is 0.573 e. The molecule has 0 spiro atoms. The molecule has 0 aliphatic carbocycles. The van der Waals surface area contributed by atoms with Crippen molar-refractivity contribution >= 4 is 23.9 Å². The molecule has 4 rings (SSSR count). The Morgan fingerprint density at radius 3 is 1.02 bits per heavy atom. The Kier molecular flexibility index (Phi) is 13.0. The molecule has 0 saturated carbocycles. The van der Waals surface area contributed by atoms with Crippen LogP contribution in [0.15, 0.2) is 72.8 Å². The molecule has 0 atom stereocenters. The monoisotopic (exact) mass is 736 g/mol. The zero-order valence-corrected chi connectivity index (χ0v) is 28.3. The van der Waals surface area contributed by atoms with Crippen molar-refractivity contribution in [2.75, 3.05) is 14.2 Å². The van der Waals surface area contributed by atoms with E-state index in [0.717, 1.165) is 48.5 Å². The highest BCUT2D eigenvalue weighted by atomic mass is 19.4. The van der Waals surface area contributed by atoms with E-state index in [0.29, 0.717) is 33.4 Å². The van der Waals surface area contributed by atoms with Gasteiger partial charge in [-0.2, -0.15) is 0 Å². The Hall–Kier alpha value is -6.06. The minimum Gasteiger partial charge on any atom is -0.465 e. The van der Waals surface area contributed by atoms with Gasteiger partial charge in [0.15, 0.2) is 0 Å². The number of halogens is 6. The molecule has 0 aromatic heterocycles. The van der Waals surface area contributed by atoms with Gasteiger partial charge in [-0.1, -0.05) is 0 Å². The van der Waals surface area contributed by atoms with E-state index >= 15 is 0 Å². The summed E-state index contributed by atoms with van der Waals surface area (Å²) in [6, 6.07) is 14.6. The minimum absolute atomic E-state index is 0.0496. The number of esters is 4. The van der Waals surface area contributed by atoms with Gasteiger partial charge in [-0.15, -0.1) is 26.3 Å². The third-order valence-corrected chi connectivity index (χ3v) is 7.34. The van der Waals surface area contributed by atoms with Crippen LogP contribution >= 0.6 is 0 Å². The van der Waals surface area contributed by atoms with Gasteiger partial charge < -0.3 is 28.4 Å². The summed E-state index contributed by atoms with van der Waals surface area (Å²) in [6.45, 7) is 6.71. The Morgan fingerprint density at radius 2 is 0.750 bits per heavy atom. The van der Waals surface area contributed by atoms with E-state index in [1.807, 2.05) is 0 Å². The Balaban J connectivity index is 0.000000280. The first-order valence-corrected chi connectivity index (χ1v) is 14.8. The third kappa shape index (κ3) is 11.0. The Bertz CT molecular complexity index is 1790.